The van der Waals surface area contributed by atoms with E-state index in [-0.39, 0.29) is 47.6 Å². The molecule has 1 aromatic carbocycles. The van der Waals surface area contributed by atoms with Gasteiger partial charge in [0, 0.05) is 30.6 Å². The Kier molecular flexibility index (Phi) is 5.41. The third-order valence-electron chi connectivity index (χ3n) is 4.67. The molecule has 0 saturated carbocycles. The first-order chi connectivity index (χ1) is 13.0. The van der Waals surface area contributed by atoms with Gasteiger partial charge in [0.05, 0.1) is 18.2 Å². The number of nitrogens with one attached hydrogen (secondary N) is 2. The highest BCUT2D eigenvalue weighted by Gasteiger charge is 2.42. The van der Waals surface area contributed by atoms with Gasteiger partial charge >= 0.3 is 6.18 Å². The first-order valence-electron chi connectivity index (χ1n) is 8.28. The van der Waals surface area contributed by atoms with Crippen LogP contribution in [0.5, 0.6) is 0 Å². The van der Waals surface area contributed by atoms with E-state index in [0.29, 0.717) is 6.07 Å². The van der Waals surface area contributed by atoms with E-state index in [1.807, 2.05) is 4.72 Å². The van der Waals surface area contributed by atoms with Gasteiger partial charge in [-0.3, -0.25) is 4.72 Å². The number of ether oxygens (including phenoxy) is 1. The molecule has 0 spiro atoms. The second-order valence-corrected chi connectivity index (χ2v) is 8.20. The Morgan fingerprint density at radius 1 is 1.25 bits per heavy atom. The number of benzene rings is 1. The van der Waals surface area contributed by atoms with Gasteiger partial charge < -0.3 is 9.72 Å². The number of halogens is 5. The maximum absolute atomic E-state index is 14.2. The van der Waals surface area contributed by atoms with Crippen molar-refractivity contribution < 1.29 is 35.1 Å². The number of aromatic amines is 1. The minimum atomic E-state index is -4.37. The summed E-state index contributed by atoms with van der Waals surface area (Å²) in [5.41, 5.74) is -0.280. The van der Waals surface area contributed by atoms with E-state index in [9.17, 15) is 30.4 Å². The number of aromatic nitrogens is 1. The SMILES string of the molecule is COCc1cc(F)c(NS(=O)(=O)c2c[nH]c3c2CCC(C(F)(F)F)C3)cc1F. The maximum atomic E-state index is 14.2. The highest BCUT2D eigenvalue weighted by molar-refractivity contribution is 7.92. The van der Waals surface area contributed by atoms with Crippen molar-refractivity contribution in [3.8, 4) is 0 Å². The summed E-state index contributed by atoms with van der Waals surface area (Å²) in [5.74, 6) is -3.41. The van der Waals surface area contributed by atoms with E-state index in [2.05, 4.69) is 4.98 Å². The van der Waals surface area contributed by atoms with Gasteiger partial charge in [0.1, 0.15) is 16.5 Å². The Hall–Kier alpha value is -2.14. The summed E-state index contributed by atoms with van der Waals surface area (Å²) in [6.45, 7) is -0.193. The van der Waals surface area contributed by atoms with Gasteiger partial charge in [0.25, 0.3) is 10.0 Å². The van der Waals surface area contributed by atoms with Crippen LogP contribution in [-0.2, 0) is 34.2 Å². The average molecular weight is 424 g/mol. The lowest BCUT2D eigenvalue weighted by atomic mass is 9.87. The van der Waals surface area contributed by atoms with E-state index in [1.54, 1.807) is 0 Å². The summed E-state index contributed by atoms with van der Waals surface area (Å²) in [7, 11) is -3.03. The van der Waals surface area contributed by atoms with Crippen molar-refractivity contribution in [3.05, 3.63) is 46.8 Å². The number of hydrogen-bond acceptors (Lipinski definition) is 3. The lowest BCUT2D eigenvalue weighted by molar-refractivity contribution is -0.177. The molecule has 28 heavy (non-hydrogen) atoms. The number of rotatable bonds is 5. The molecule has 1 aliphatic rings. The van der Waals surface area contributed by atoms with E-state index in [0.717, 1.165) is 12.3 Å². The molecule has 1 unspecified atom stereocenters. The zero-order chi connectivity index (χ0) is 20.7. The predicted molar refractivity (Wildman–Crippen MR) is 90.2 cm³/mol. The van der Waals surface area contributed by atoms with E-state index >= 15 is 0 Å². The lowest BCUT2D eigenvalue weighted by Crippen LogP contribution is -2.29. The third-order valence-corrected chi connectivity index (χ3v) is 6.10. The monoisotopic (exact) mass is 424 g/mol. The lowest BCUT2D eigenvalue weighted by Gasteiger charge is -2.25. The Labute approximate surface area is 157 Å². The second kappa shape index (κ2) is 7.36. The van der Waals surface area contributed by atoms with Crippen LogP contribution in [-0.4, -0.2) is 26.7 Å². The molecule has 154 valence electrons. The molecule has 0 amide bonds. The molecule has 0 aliphatic heterocycles. The van der Waals surface area contributed by atoms with Crippen LogP contribution in [0.4, 0.5) is 27.6 Å². The standard InChI is InChI=1S/C17H17F5N2O3S/c1-27-8-9-4-13(19)15(6-12(9)18)24-28(25,26)16-7-23-14-5-10(17(20,21)22)2-3-11(14)16/h4,6-7,10,23-24H,2-3,5,8H2,1H3. The van der Waals surface area contributed by atoms with Crippen molar-refractivity contribution in [1.29, 1.82) is 0 Å². The molecule has 5 nitrogen and oxygen atoms in total. The van der Waals surface area contributed by atoms with E-state index in [1.165, 1.54) is 7.11 Å². The quantitative estimate of drug-likeness (QED) is 0.715. The molecule has 0 bridgehead atoms. The number of hydrogen-bond donors (Lipinski definition) is 2. The maximum Gasteiger partial charge on any atom is 0.392 e. The summed E-state index contributed by atoms with van der Waals surface area (Å²) in [4.78, 5) is 2.29. The summed E-state index contributed by atoms with van der Waals surface area (Å²) in [6, 6.07) is 1.51. The van der Waals surface area contributed by atoms with Gasteiger partial charge in [-0.25, -0.2) is 17.2 Å². The highest BCUT2D eigenvalue weighted by Crippen LogP contribution is 2.39. The van der Waals surface area contributed by atoms with Gasteiger partial charge in [-0.2, -0.15) is 13.2 Å². The molecular weight excluding hydrogens is 407 g/mol. The molecule has 1 atom stereocenters. The van der Waals surface area contributed by atoms with Crippen LogP contribution < -0.4 is 4.72 Å². The van der Waals surface area contributed by atoms with Crippen molar-refractivity contribution >= 4 is 15.7 Å². The molecule has 0 fully saturated rings. The first-order valence-corrected chi connectivity index (χ1v) is 9.76. The predicted octanol–water partition coefficient (Wildman–Crippen LogP) is 3.91. The summed E-state index contributed by atoms with van der Waals surface area (Å²) in [5, 5.41) is 0. The van der Waals surface area contributed by atoms with Crippen molar-refractivity contribution in [3.63, 3.8) is 0 Å². The van der Waals surface area contributed by atoms with E-state index in [4.69, 9.17) is 4.74 Å². The van der Waals surface area contributed by atoms with Crippen molar-refractivity contribution in [2.75, 3.05) is 11.8 Å². The zero-order valence-electron chi connectivity index (χ0n) is 14.7. The second-order valence-electron chi connectivity index (χ2n) is 6.55. The molecule has 0 radical (unpaired) electrons. The molecule has 1 aliphatic carbocycles. The van der Waals surface area contributed by atoms with Gasteiger partial charge in [-0.15, -0.1) is 0 Å². The molecule has 1 aromatic heterocycles. The number of alkyl halides is 3. The molecule has 3 rings (SSSR count). The minimum Gasteiger partial charge on any atom is -0.380 e. The van der Waals surface area contributed by atoms with Gasteiger partial charge in [-0.1, -0.05) is 0 Å². The summed E-state index contributed by atoms with van der Waals surface area (Å²) < 4.78 is 98.8. The Morgan fingerprint density at radius 3 is 2.61 bits per heavy atom. The number of anilines is 1. The average Bonchev–Trinajstić information content (AvgIpc) is 3.02. The molecule has 2 N–H and O–H groups in total. The van der Waals surface area contributed by atoms with Crippen LogP contribution in [0.15, 0.2) is 23.2 Å². The van der Waals surface area contributed by atoms with Gasteiger partial charge in [-0.05, 0) is 30.9 Å². The topological polar surface area (TPSA) is 71.2 Å². The first kappa shape index (κ1) is 20.6. The van der Waals surface area contributed by atoms with Crippen molar-refractivity contribution in [2.45, 2.75) is 36.9 Å². The number of fused-ring (bicyclic) bond motifs is 1. The third kappa shape index (κ3) is 4.00. The van der Waals surface area contributed by atoms with Crippen LogP contribution in [0, 0.1) is 17.6 Å². The van der Waals surface area contributed by atoms with Gasteiger partial charge in [0.2, 0.25) is 0 Å². The number of H-pyrrole nitrogens is 1. The normalized spacial score (nSPS) is 17.4. The smallest absolute Gasteiger partial charge is 0.380 e. The fourth-order valence-corrected chi connectivity index (χ4v) is 4.57. The Morgan fingerprint density at radius 2 is 1.96 bits per heavy atom. The largest absolute Gasteiger partial charge is 0.392 e. The fourth-order valence-electron chi connectivity index (χ4n) is 3.25. The number of methoxy groups -OCH3 is 1. The fraction of sp³-hybridized carbons (Fsp3) is 0.412. The molecular formula is C17H17F5N2O3S. The van der Waals surface area contributed by atoms with Crippen LogP contribution in [0.25, 0.3) is 0 Å². The van der Waals surface area contributed by atoms with Crippen molar-refractivity contribution in [1.82, 2.24) is 4.98 Å². The molecule has 11 heteroatoms. The molecule has 0 saturated heterocycles. The summed E-state index contributed by atoms with van der Waals surface area (Å²) in [6.07, 6.45) is -4.00. The molecule has 2 aromatic rings. The Bertz CT molecular complexity index is 985. The Balaban J connectivity index is 1.88. The van der Waals surface area contributed by atoms with Crippen LogP contribution in [0.3, 0.4) is 0 Å². The number of sulfonamides is 1. The highest BCUT2D eigenvalue weighted by atomic mass is 32.2. The van der Waals surface area contributed by atoms with Gasteiger partial charge in [0.15, 0.2) is 0 Å². The summed E-state index contributed by atoms with van der Waals surface area (Å²) >= 11 is 0. The van der Waals surface area contributed by atoms with Crippen LogP contribution >= 0.6 is 0 Å². The minimum absolute atomic E-state index is 0.0832. The zero-order valence-corrected chi connectivity index (χ0v) is 15.5. The van der Waals surface area contributed by atoms with E-state index < -0.39 is 39.4 Å². The van der Waals surface area contributed by atoms with Crippen LogP contribution in [0.1, 0.15) is 23.2 Å². The molecule has 1 heterocycles. The van der Waals surface area contributed by atoms with Crippen LogP contribution in [0.2, 0.25) is 0 Å². The van der Waals surface area contributed by atoms with Crippen molar-refractivity contribution in [2.24, 2.45) is 5.92 Å².